The molecule has 0 aromatic carbocycles. The molecule has 0 aliphatic carbocycles. The Morgan fingerprint density at radius 2 is 2.28 bits per heavy atom. The van der Waals surface area contributed by atoms with Gasteiger partial charge >= 0.3 is 0 Å². The van der Waals surface area contributed by atoms with Crippen LogP contribution in [0.25, 0.3) is 0 Å². The fourth-order valence-corrected chi connectivity index (χ4v) is 2.05. The molecule has 0 radical (unpaired) electrons. The first-order valence-corrected chi connectivity index (χ1v) is 6.20. The van der Waals surface area contributed by atoms with Gasteiger partial charge < -0.3 is 5.11 Å². The first kappa shape index (κ1) is 13.0. The molecule has 0 saturated heterocycles. The van der Waals surface area contributed by atoms with Gasteiger partial charge in [-0.2, -0.15) is 5.10 Å². The molecular weight excluding hydrogens is 252 g/mol. The number of rotatable bonds is 4. The van der Waals surface area contributed by atoms with Crippen LogP contribution < -0.4 is 0 Å². The van der Waals surface area contributed by atoms with E-state index in [1.807, 2.05) is 6.92 Å². The minimum Gasteiger partial charge on any atom is -0.380 e. The van der Waals surface area contributed by atoms with Gasteiger partial charge in [0.1, 0.15) is 11.9 Å². The number of hydrogen-bond acceptors (Lipinski definition) is 4. The van der Waals surface area contributed by atoms with Gasteiger partial charge in [0.2, 0.25) is 0 Å². The van der Waals surface area contributed by atoms with Crippen LogP contribution in [0.3, 0.4) is 0 Å². The second kappa shape index (κ2) is 5.46. The lowest BCUT2D eigenvalue weighted by atomic mass is 10.2. The van der Waals surface area contributed by atoms with Crippen molar-refractivity contribution in [1.82, 2.24) is 19.7 Å². The maximum absolute atomic E-state index is 10.4. The summed E-state index contributed by atoms with van der Waals surface area (Å²) in [6.45, 7) is 4.53. The number of aromatic nitrogens is 4. The molecule has 0 aliphatic rings. The van der Waals surface area contributed by atoms with E-state index in [2.05, 4.69) is 15.1 Å². The fraction of sp³-hybridized carbons (Fsp3) is 0.417. The Balaban J connectivity index is 2.39. The largest absolute Gasteiger partial charge is 0.380 e. The molecule has 18 heavy (non-hydrogen) atoms. The van der Waals surface area contributed by atoms with Crippen molar-refractivity contribution < 1.29 is 5.11 Å². The fourth-order valence-electron chi connectivity index (χ4n) is 1.80. The van der Waals surface area contributed by atoms with Gasteiger partial charge in [-0.05, 0) is 19.4 Å². The summed E-state index contributed by atoms with van der Waals surface area (Å²) in [5, 5.41) is 15.0. The first-order valence-electron chi connectivity index (χ1n) is 5.82. The van der Waals surface area contributed by atoms with Crippen LogP contribution in [0, 0.1) is 6.92 Å². The van der Waals surface area contributed by atoms with Gasteiger partial charge in [0.05, 0.1) is 22.6 Å². The minimum atomic E-state index is -0.881. The topological polar surface area (TPSA) is 63.8 Å². The number of hydrogen-bond donors (Lipinski definition) is 1. The highest BCUT2D eigenvalue weighted by molar-refractivity contribution is 6.31. The molecule has 0 amide bonds. The standard InChI is InChI=1S/C12H15ClN4O/c1-3-6-17-11(9(13)7-15-17)12(18)10-4-5-14-8(2)16-10/h4-5,7,12,18H,3,6H2,1-2H3. The van der Waals surface area contributed by atoms with Crippen molar-refractivity contribution in [2.75, 3.05) is 0 Å². The second-order valence-corrected chi connectivity index (χ2v) is 4.44. The molecule has 2 aromatic heterocycles. The maximum atomic E-state index is 10.4. The SMILES string of the molecule is CCCn1ncc(Cl)c1C(O)c1ccnc(C)n1. The number of aliphatic hydroxyl groups is 1. The van der Waals surface area contributed by atoms with Crippen molar-refractivity contribution in [3.8, 4) is 0 Å². The molecule has 2 aromatic rings. The smallest absolute Gasteiger partial charge is 0.139 e. The molecule has 1 N–H and O–H groups in total. The van der Waals surface area contributed by atoms with Crippen molar-refractivity contribution in [3.63, 3.8) is 0 Å². The molecule has 5 nitrogen and oxygen atoms in total. The van der Waals surface area contributed by atoms with Crippen molar-refractivity contribution in [2.45, 2.75) is 32.9 Å². The van der Waals surface area contributed by atoms with Crippen molar-refractivity contribution in [3.05, 3.63) is 40.7 Å². The van der Waals surface area contributed by atoms with E-state index in [9.17, 15) is 5.11 Å². The first-order chi connectivity index (χ1) is 8.63. The van der Waals surface area contributed by atoms with Crippen LogP contribution in [0.2, 0.25) is 5.02 Å². The van der Waals surface area contributed by atoms with E-state index >= 15 is 0 Å². The summed E-state index contributed by atoms with van der Waals surface area (Å²) in [5.74, 6) is 0.615. The van der Waals surface area contributed by atoms with E-state index < -0.39 is 6.10 Å². The Morgan fingerprint density at radius 3 is 2.94 bits per heavy atom. The van der Waals surface area contributed by atoms with Gasteiger partial charge in [-0.1, -0.05) is 18.5 Å². The lowest BCUT2D eigenvalue weighted by molar-refractivity contribution is 0.202. The van der Waals surface area contributed by atoms with Crippen LogP contribution in [0.4, 0.5) is 0 Å². The Bertz CT molecular complexity index is 541. The summed E-state index contributed by atoms with van der Waals surface area (Å²) < 4.78 is 1.71. The van der Waals surface area contributed by atoms with Crippen molar-refractivity contribution in [2.24, 2.45) is 0 Å². The van der Waals surface area contributed by atoms with E-state index in [1.165, 1.54) is 0 Å². The average molecular weight is 267 g/mol. The number of halogens is 1. The highest BCUT2D eigenvalue weighted by atomic mass is 35.5. The third-order valence-corrected chi connectivity index (χ3v) is 2.90. The molecule has 2 rings (SSSR count). The third-order valence-electron chi connectivity index (χ3n) is 2.61. The van der Waals surface area contributed by atoms with E-state index in [4.69, 9.17) is 11.6 Å². The van der Waals surface area contributed by atoms with Gasteiger partial charge in [0.15, 0.2) is 0 Å². The Hall–Kier alpha value is -1.46. The Morgan fingerprint density at radius 1 is 1.50 bits per heavy atom. The number of aliphatic hydroxyl groups excluding tert-OH is 1. The second-order valence-electron chi connectivity index (χ2n) is 4.03. The maximum Gasteiger partial charge on any atom is 0.139 e. The predicted molar refractivity (Wildman–Crippen MR) is 68.4 cm³/mol. The molecule has 1 atom stereocenters. The lowest BCUT2D eigenvalue weighted by Gasteiger charge is -2.13. The predicted octanol–water partition coefficient (Wildman–Crippen LogP) is 2.13. The van der Waals surface area contributed by atoms with Crippen LogP contribution in [0.1, 0.15) is 36.7 Å². The zero-order chi connectivity index (χ0) is 13.1. The van der Waals surface area contributed by atoms with Gasteiger partial charge in [-0.15, -0.1) is 0 Å². The minimum absolute atomic E-state index is 0.451. The zero-order valence-electron chi connectivity index (χ0n) is 10.3. The van der Waals surface area contributed by atoms with E-state index in [0.29, 0.717) is 28.8 Å². The van der Waals surface area contributed by atoms with Crippen LogP contribution >= 0.6 is 11.6 Å². The molecule has 6 heteroatoms. The average Bonchev–Trinajstić information content (AvgIpc) is 2.70. The molecule has 0 fully saturated rings. The van der Waals surface area contributed by atoms with E-state index in [1.54, 1.807) is 30.1 Å². The van der Waals surface area contributed by atoms with Gasteiger partial charge in [-0.3, -0.25) is 4.68 Å². The monoisotopic (exact) mass is 266 g/mol. The summed E-state index contributed by atoms with van der Waals surface area (Å²) >= 11 is 6.08. The molecule has 96 valence electrons. The van der Waals surface area contributed by atoms with Crippen molar-refractivity contribution in [1.29, 1.82) is 0 Å². The molecule has 2 heterocycles. The van der Waals surface area contributed by atoms with Gasteiger partial charge in [-0.25, -0.2) is 9.97 Å². The molecule has 1 unspecified atom stereocenters. The summed E-state index contributed by atoms with van der Waals surface area (Å²) in [6, 6.07) is 1.68. The molecule has 0 aliphatic heterocycles. The van der Waals surface area contributed by atoms with Crippen LogP contribution in [0.15, 0.2) is 18.5 Å². The van der Waals surface area contributed by atoms with Crippen LogP contribution in [-0.4, -0.2) is 24.9 Å². The Kier molecular flexibility index (Phi) is 3.93. The zero-order valence-corrected chi connectivity index (χ0v) is 11.1. The van der Waals surface area contributed by atoms with Crippen LogP contribution in [0.5, 0.6) is 0 Å². The lowest BCUT2D eigenvalue weighted by Crippen LogP contribution is -2.12. The van der Waals surface area contributed by atoms with E-state index in [0.717, 1.165) is 6.42 Å². The number of nitrogens with zero attached hydrogens (tertiary/aromatic N) is 4. The third kappa shape index (κ3) is 2.52. The van der Waals surface area contributed by atoms with Gasteiger partial charge in [0, 0.05) is 12.7 Å². The quantitative estimate of drug-likeness (QED) is 0.921. The normalized spacial score (nSPS) is 12.7. The summed E-state index contributed by atoms with van der Waals surface area (Å²) in [5.41, 5.74) is 1.11. The Labute approximate surface area is 110 Å². The summed E-state index contributed by atoms with van der Waals surface area (Å²) in [6.07, 6.45) is 3.20. The highest BCUT2D eigenvalue weighted by Crippen LogP contribution is 2.27. The molecule has 0 bridgehead atoms. The molecule has 0 saturated carbocycles. The van der Waals surface area contributed by atoms with Crippen LogP contribution in [-0.2, 0) is 6.54 Å². The highest BCUT2D eigenvalue weighted by Gasteiger charge is 2.20. The number of aryl methyl sites for hydroxylation is 2. The molecular formula is C12H15ClN4O. The summed E-state index contributed by atoms with van der Waals surface area (Å²) in [4.78, 5) is 8.22. The van der Waals surface area contributed by atoms with E-state index in [-0.39, 0.29) is 0 Å². The van der Waals surface area contributed by atoms with Crippen molar-refractivity contribution >= 4 is 11.6 Å². The molecule has 0 spiro atoms. The van der Waals surface area contributed by atoms with Gasteiger partial charge in [0.25, 0.3) is 0 Å². The summed E-state index contributed by atoms with van der Waals surface area (Å²) in [7, 11) is 0.